The monoisotopic (exact) mass is 339 g/mol. The number of aromatic nitrogens is 1. The lowest BCUT2D eigenvalue weighted by molar-refractivity contribution is -0.141. The Balaban J connectivity index is 0.00000441. The molecule has 1 amide bonds. The van der Waals surface area contributed by atoms with Gasteiger partial charge in [-0.1, -0.05) is 13.8 Å². The number of alkyl halides is 3. The second-order valence-corrected chi connectivity index (χ2v) is 5.36. The van der Waals surface area contributed by atoms with E-state index < -0.39 is 17.8 Å². The number of carbonyl (C=O) groups excluding carboxylic acids is 1. The molecule has 126 valence electrons. The van der Waals surface area contributed by atoms with Gasteiger partial charge < -0.3 is 11.1 Å². The standard InChI is InChI=1S/C14H20F3N3O.ClH/c1-8(2)6-10(7-18)20-13(21)11-4-5-12(14(15,16)17)19-9(11)3;/h4-5,8,10H,6-7,18H2,1-3H3,(H,20,21);1H. The molecule has 22 heavy (non-hydrogen) atoms. The molecule has 3 N–H and O–H groups in total. The number of aryl methyl sites for hydroxylation is 1. The van der Waals surface area contributed by atoms with Crippen molar-refractivity contribution >= 4 is 18.3 Å². The van der Waals surface area contributed by atoms with Crippen LogP contribution < -0.4 is 11.1 Å². The number of amides is 1. The molecule has 0 aromatic carbocycles. The highest BCUT2D eigenvalue weighted by Gasteiger charge is 2.33. The predicted molar refractivity (Wildman–Crippen MR) is 81.0 cm³/mol. The number of halogens is 4. The van der Waals surface area contributed by atoms with Crippen molar-refractivity contribution in [1.29, 1.82) is 0 Å². The van der Waals surface area contributed by atoms with Gasteiger partial charge in [0.25, 0.3) is 5.91 Å². The zero-order valence-corrected chi connectivity index (χ0v) is 13.5. The fraction of sp³-hybridized carbons (Fsp3) is 0.571. The van der Waals surface area contributed by atoms with Crippen LogP contribution in [0.5, 0.6) is 0 Å². The van der Waals surface area contributed by atoms with Crippen molar-refractivity contribution < 1.29 is 18.0 Å². The summed E-state index contributed by atoms with van der Waals surface area (Å²) in [5, 5.41) is 2.73. The zero-order valence-electron chi connectivity index (χ0n) is 12.7. The summed E-state index contributed by atoms with van der Waals surface area (Å²) in [4.78, 5) is 15.5. The van der Waals surface area contributed by atoms with Crippen molar-refractivity contribution in [2.45, 2.75) is 39.4 Å². The molecule has 1 rings (SSSR count). The van der Waals surface area contributed by atoms with E-state index in [9.17, 15) is 18.0 Å². The van der Waals surface area contributed by atoms with Crippen LogP contribution in [0.1, 0.15) is 42.0 Å². The number of hydrogen-bond donors (Lipinski definition) is 2. The van der Waals surface area contributed by atoms with Crippen LogP contribution in [0, 0.1) is 12.8 Å². The minimum Gasteiger partial charge on any atom is -0.348 e. The second kappa shape index (κ2) is 8.33. The molecule has 1 unspecified atom stereocenters. The Kier molecular flexibility index (Phi) is 7.83. The lowest BCUT2D eigenvalue weighted by Gasteiger charge is -2.19. The quantitative estimate of drug-likeness (QED) is 0.866. The molecule has 1 aromatic heterocycles. The highest BCUT2D eigenvalue weighted by molar-refractivity contribution is 5.95. The number of nitrogens with two attached hydrogens (primary N) is 1. The van der Waals surface area contributed by atoms with E-state index >= 15 is 0 Å². The summed E-state index contributed by atoms with van der Waals surface area (Å²) in [6.45, 7) is 5.65. The third-order valence-electron chi connectivity index (χ3n) is 3.00. The predicted octanol–water partition coefficient (Wildman–Crippen LogP) is 2.93. The van der Waals surface area contributed by atoms with Gasteiger partial charge in [-0.3, -0.25) is 4.79 Å². The topological polar surface area (TPSA) is 68.0 Å². The maximum atomic E-state index is 12.5. The van der Waals surface area contributed by atoms with E-state index in [4.69, 9.17) is 5.73 Å². The number of nitrogens with zero attached hydrogens (tertiary/aromatic N) is 1. The van der Waals surface area contributed by atoms with Crippen LogP contribution in [0.15, 0.2) is 12.1 Å². The van der Waals surface area contributed by atoms with Crippen molar-refractivity contribution in [3.63, 3.8) is 0 Å². The molecule has 4 nitrogen and oxygen atoms in total. The van der Waals surface area contributed by atoms with Gasteiger partial charge in [-0.25, -0.2) is 4.98 Å². The molecule has 0 saturated heterocycles. The molecule has 0 aliphatic carbocycles. The van der Waals surface area contributed by atoms with E-state index in [-0.39, 0.29) is 36.3 Å². The SMILES string of the molecule is Cc1nc(C(F)(F)F)ccc1C(=O)NC(CN)CC(C)C.Cl. The van der Waals surface area contributed by atoms with Crippen LogP contribution in [0.25, 0.3) is 0 Å². The summed E-state index contributed by atoms with van der Waals surface area (Å²) in [5.74, 6) is -0.101. The summed E-state index contributed by atoms with van der Waals surface area (Å²) in [5.41, 5.74) is 4.76. The molecule has 0 aliphatic rings. The Labute approximate surface area is 134 Å². The van der Waals surface area contributed by atoms with Crippen molar-refractivity contribution in [3.05, 3.63) is 29.1 Å². The van der Waals surface area contributed by atoms with Crippen molar-refractivity contribution in [1.82, 2.24) is 10.3 Å². The summed E-state index contributed by atoms with van der Waals surface area (Å²) in [6, 6.07) is 1.74. The van der Waals surface area contributed by atoms with Gasteiger partial charge in [-0.2, -0.15) is 13.2 Å². The van der Waals surface area contributed by atoms with E-state index in [0.717, 1.165) is 12.1 Å². The largest absolute Gasteiger partial charge is 0.433 e. The van der Waals surface area contributed by atoms with Gasteiger partial charge in [0.15, 0.2) is 0 Å². The molecule has 0 aliphatic heterocycles. The van der Waals surface area contributed by atoms with Crippen molar-refractivity contribution in [3.8, 4) is 0 Å². The minimum atomic E-state index is -4.52. The van der Waals surface area contributed by atoms with Crippen LogP contribution in [0.3, 0.4) is 0 Å². The lowest BCUT2D eigenvalue weighted by Crippen LogP contribution is -2.41. The van der Waals surface area contributed by atoms with Crippen molar-refractivity contribution in [2.75, 3.05) is 6.54 Å². The van der Waals surface area contributed by atoms with Gasteiger partial charge in [0, 0.05) is 12.6 Å². The van der Waals surface area contributed by atoms with Crippen LogP contribution in [0.2, 0.25) is 0 Å². The molecule has 0 saturated carbocycles. The maximum Gasteiger partial charge on any atom is 0.433 e. The Bertz CT molecular complexity index is 507. The highest BCUT2D eigenvalue weighted by Crippen LogP contribution is 2.28. The normalized spacial score (nSPS) is 12.7. The highest BCUT2D eigenvalue weighted by atomic mass is 35.5. The van der Waals surface area contributed by atoms with Crippen LogP contribution in [-0.4, -0.2) is 23.5 Å². The van der Waals surface area contributed by atoms with Gasteiger partial charge in [0.2, 0.25) is 0 Å². The number of pyridine rings is 1. The third kappa shape index (κ3) is 5.81. The number of rotatable bonds is 5. The Morgan fingerprint density at radius 1 is 1.36 bits per heavy atom. The molecular formula is C14H21ClF3N3O. The number of carbonyl (C=O) groups is 1. The minimum absolute atomic E-state index is 0. The van der Waals surface area contributed by atoms with Gasteiger partial charge >= 0.3 is 6.18 Å². The first-order valence-electron chi connectivity index (χ1n) is 6.71. The summed E-state index contributed by atoms with van der Waals surface area (Å²) in [7, 11) is 0. The summed E-state index contributed by atoms with van der Waals surface area (Å²) in [6.07, 6.45) is -3.81. The molecule has 8 heteroatoms. The number of hydrogen-bond acceptors (Lipinski definition) is 3. The third-order valence-corrected chi connectivity index (χ3v) is 3.00. The molecule has 0 bridgehead atoms. The zero-order chi connectivity index (χ0) is 16.2. The summed E-state index contributed by atoms with van der Waals surface area (Å²) >= 11 is 0. The van der Waals surface area contributed by atoms with E-state index in [2.05, 4.69) is 10.3 Å². The Morgan fingerprint density at radius 2 is 1.95 bits per heavy atom. The van der Waals surface area contributed by atoms with Crippen molar-refractivity contribution in [2.24, 2.45) is 11.7 Å². The van der Waals surface area contributed by atoms with Crippen LogP contribution >= 0.6 is 12.4 Å². The van der Waals surface area contributed by atoms with Gasteiger partial charge in [0.05, 0.1) is 11.3 Å². The van der Waals surface area contributed by atoms with Gasteiger partial charge in [0.1, 0.15) is 5.69 Å². The maximum absolute atomic E-state index is 12.5. The fourth-order valence-electron chi connectivity index (χ4n) is 2.01. The molecule has 0 radical (unpaired) electrons. The summed E-state index contributed by atoms with van der Waals surface area (Å²) < 4.78 is 37.6. The molecule has 0 spiro atoms. The average Bonchev–Trinajstić information content (AvgIpc) is 2.35. The van der Waals surface area contributed by atoms with Gasteiger partial charge in [-0.05, 0) is 31.4 Å². The smallest absolute Gasteiger partial charge is 0.348 e. The van der Waals surface area contributed by atoms with Gasteiger partial charge in [-0.15, -0.1) is 12.4 Å². The van der Waals surface area contributed by atoms with E-state index in [0.29, 0.717) is 12.3 Å². The second-order valence-electron chi connectivity index (χ2n) is 5.36. The fourth-order valence-corrected chi connectivity index (χ4v) is 2.01. The van der Waals surface area contributed by atoms with Crippen LogP contribution in [0.4, 0.5) is 13.2 Å². The van der Waals surface area contributed by atoms with E-state index in [1.165, 1.54) is 6.92 Å². The van der Waals surface area contributed by atoms with Crippen LogP contribution in [-0.2, 0) is 6.18 Å². The molecule has 0 fully saturated rings. The van der Waals surface area contributed by atoms with E-state index in [1.807, 2.05) is 13.8 Å². The molecule has 1 atom stereocenters. The molecule has 1 aromatic rings. The van der Waals surface area contributed by atoms with E-state index in [1.54, 1.807) is 0 Å². The Hall–Kier alpha value is -1.34. The first-order chi connectivity index (χ1) is 9.65. The number of nitrogens with one attached hydrogen (secondary N) is 1. The molecular weight excluding hydrogens is 319 g/mol. The lowest BCUT2D eigenvalue weighted by atomic mass is 10.0. The average molecular weight is 340 g/mol. The Morgan fingerprint density at radius 3 is 2.36 bits per heavy atom. The first-order valence-corrected chi connectivity index (χ1v) is 6.71. The molecule has 1 heterocycles. The first kappa shape index (κ1) is 20.7.